The summed E-state index contributed by atoms with van der Waals surface area (Å²) < 4.78 is 5.39. The Morgan fingerprint density at radius 1 is 1.24 bits per heavy atom. The molecular weight excluding hydrogens is 264 g/mol. The van der Waals surface area contributed by atoms with Crippen molar-refractivity contribution in [1.29, 1.82) is 0 Å². The molecule has 0 amide bonds. The van der Waals surface area contributed by atoms with Gasteiger partial charge in [0, 0.05) is 5.92 Å². The van der Waals surface area contributed by atoms with Crippen LogP contribution < -0.4 is 0 Å². The van der Waals surface area contributed by atoms with Gasteiger partial charge in [0.2, 0.25) is 0 Å². The Hall–Kier alpha value is -1.35. The number of rotatable bonds is 5. The Balaban J connectivity index is 2.27. The van der Waals surface area contributed by atoms with Crippen LogP contribution in [0.3, 0.4) is 0 Å². The predicted molar refractivity (Wildman–Crippen MR) is 82.7 cm³/mol. The van der Waals surface area contributed by atoms with Crippen LogP contribution in [-0.2, 0) is 15.1 Å². The third-order valence-corrected chi connectivity index (χ3v) is 4.27. The number of hydrogen-bond acceptors (Lipinski definition) is 3. The zero-order chi connectivity index (χ0) is 15.3. The van der Waals surface area contributed by atoms with Gasteiger partial charge in [-0.25, -0.2) is 4.79 Å². The molecule has 0 unspecified atom stereocenters. The van der Waals surface area contributed by atoms with Crippen molar-refractivity contribution in [2.75, 3.05) is 6.61 Å². The first-order valence-electron chi connectivity index (χ1n) is 8.00. The van der Waals surface area contributed by atoms with E-state index in [2.05, 4.69) is 0 Å². The maximum Gasteiger partial charge on any atom is 0.343 e. The Morgan fingerprint density at radius 2 is 1.86 bits per heavy atom. The second-order valence-corrected chi connectivity index (χ2v) is 6.46. The van der Waals surface area contributed by atoms with Gasteiger partial charge in [0.1, 0.15) is 0 Å². The van der Waals surface area contributed by atoms with Crippen LogP contribution >= 0.6 is 0 Å². The van der Waals surface area contributed by atoms with E-state index in [1.54, 1.807) is 0 Å². The van der Waals surface area contributed by atoms with Gasteiger partial charge in [-0.1, -0.05) is 63.4 Å². The summed E-state index contributed by atoms with van der Waals surface area (Å²) in [5.74, 6) is -0.275. The molecule has 0 heterocycles. The maximum absolute atomic E-state index is 12.6. The molecular formula is C18H26O3. The number of esters is 1. The molecule has 1 aromatic rings. The number of aliphatic hydroxyl groups is 1. The van der Waals surface area contributed by atoms with Gasteiger partial charge >= 0.3 is 5.97 Å². The molecule has 0 radical (unpaired) electrons. The lowest BCUT2D eigenvalue weighted by molar-refractivity contribution is -0.176. The van der Waals surface area contributed by atoms with Crippen molar-refractivity contribution < 1.29 is 14.6 Å². The number of carbonyl (C=O) groups excluding carboxylic acids is 1. The highest BCUT2D eigenvalue weighted by Gasteiger charge is 2.47. The molecule has 116 valence electrons. The van der Waals surface area contributed by atoms with E-state index in [4.69, 9.17) is 4.74 Å². The third kappa shape index (κ3) is 3.65. The minimum Gasteiger partial charge on any atom is -0.463 e. The molecule has 0 aromatic heterocycles. The molecule has 3 heteroatoms. The highest BCUT2D eigenvalue weighted by atomic mass is 16.5. The summed E-state index contributed by atoms with van der Waals surface area (Å²) in [5, 5.41) is 11.2. The summed E-state index contributed by atoms with van der Waals surface area (Å²) in [6, 6.07) is 9.26. The van der Waals surface area contributed by atoms with E-state index < -0.39 is 11.6 Å². The molecule has 1 aliphatic rings. The van der Waals surface area contributed by atoms with Crippen molar-refractivity contribution in [3.05, 3.63) is 35.9 Å². The van der Waals surface area contributed by atoms with Gasteiger partial charge in [0.15, 0.2) is 5.60 Å². The van der Waals surface area contributed by atoms with Crippen molar-refractivity contribution in [3.63, 3.8) is 0 Å². The Kier molecular flexibility index (Phi) is 5.40. The highest BCUT2D eigenvalue weighted by Crippen LogP contribution is 2.40. The third-order valence-electron chi connectivity index (χ3n) is 4.27. The summed E-state index contributed by atoms with van der Waals surface area (Å²) in [6.07, 6.45) is 5.07. The largest absolute Gasteiger partial charge is 0.463 e. The zero-order valence-electron chi connectivity index (χ0n) is 13.0. The smallest absolute Gasteiger partial charge is 0.343 e. The molecule has 0 bridgehead atoms. The number of hydrogen-bond donors (Lipinski definition) is 1. The first kappa shape index (κ1) is 16.0. The minimum absolute atomic E-state index is 0.0479. The van der Waals surface area contributed by atoms with Gasteiger partial charge in [-0.05, 0) is 24.3 Å². The van der Waals surface area contributed by atoms with Crippen molar-refractivity contribution in [1.82, 2.24) is 0 Å². The molecule has 1 aromatic carbocycles. The maximum atomic E-state index is 12.6. The van der Waals surface area contributed by atoms with Crippen molar-refractivity contribution in [2.24, 2.45) is 11.8 Å². The van der Waals surface area contributed by atoms with Crippen molar-refractivity contribution in [2.45, 2.75) is 51.6 Å². The summed E-state index contributed by atoms with van der Waals surface area (Å²) in [7, 11) is 0. The average molecular weight is 290 g/mol. The summed E-state index contributed by atoms with van der Waals surface area (Å²) in [6.45, 7) is 4.34. The van der Waals surface area contributed by atoms with E-state index in [9.17, 15) is 9.90 Å². The molecule has 1 N–H and O–H groups in total. The number of ether oxygens (including phenoxy) is 1. The first-order chi connectivity index (χ1) is 10.0. The van der Waals surface area contributed by atoms with E-state index >= 15 is 0 Å². The molecule has 21 heavy (non-hydrogen) atoms. The molecule has 1 saturated carbocycles. The standard InChI is InChI=1S/C18H26O3/c1-14(2)13-21-17(19)18(20,15-9-5-3-6-10-15)16-11-7-4-8-12-16/h3,5-6,9-10,14,16,20H,4,7-8,11-13H2,1-2H3/t18-/m0/s1. The Bertz CT molecular complexity index is 449. The number of carbonyl (C=O) groups is 1. The molecule has 1 aliphatic carbocycles. The average Bonchev–Trinajstić information content (AvgIpc) is 2.53. The van der Waals surface area contributed by atoms with E-state index in [0.717, 1.165) is 25.7 Å². The van der Waals surface area contributed by atoms with Gasteiger partial charge in [-0.3, -0.25) is 0 Å². The first-order valence-corrected chi connectivity index (χ1v) is 8.00. The lowest BCUT2D eigenvalue weighted by Crippen LogP contribution is -2.45. The molecule has 0 aliphatic heterocycles. The van der Waals surface area contributed by atoms with Crippen molar-refractivity contribution in [3.8, 4) is 0 Å². The van der Waals surface area contributed by atoms with Crippen LogP contribution in [-0.4, -0.2) is 17.7 Å². The second-order valence-electron chi connectivity index (χ2n) is 6.46. The van der Waals surface area contributed by atoms with Crippen LogP contribution in [0, 0.1) is 11.8 Å². The molecule has 1 atom stereocenters. The van der Waals surface area contributed by atoms with Gasteiger partial charge < -0.3 is 9.84 Å². The predicted octanol–water partition coefficient (Wildman–Crippen LogP) is 3.65. The van der Waals surface area contributed by atoms with Crippen LogP contribution in [0.25, 0.3) is 0 Å². The topological polar surface area (TPSA) is 46.5 Å². The van der Waals surface area contributed by atoms with Crippen LogP contribution in [0.2, 0.25) is 0 Å². The molecule has 3 nitrogen and oxygen atoms in total. The Labute approximate surface area is 127 Å². The zero-order valence-corrected chi connectivity index (χ0v) is 13.0. The van der Waals surface area contributed by atoms with Crippen molar-refractivity contribution >= 4 is 5.97 Å². The summed E-state index contributed by atoms with van der Waals surface area (Å²) in [5.41, 5.74) is -0.845. The van der Waals surface area contributed by atoms with Gasteiger partial charge in [-0.2, -0.15) is 0 Å². The van der Waals surface area contributed by atoms with E-state index in [0.29, 0.717) is 12.2 Å². The lowest BCUT2D eigenvalue weighted by Gasteiger charge is -2.36. The van der Waals surface area contributed by atoms with Crippen LogP contribution in [0.5, 0.6) is 0 Å². The number of benzene rings is 1. The fourth-order valence-electron chi connectivity index (χ4n) is 3.09. The van der Waals surface area contributed by atoms with E-state index in [-0.39, 0.29) is 11.8 Å². The fraction of sp³-hybridized carbons (Fsp3) is 0.611. The highest BCUT2D eigenvalue weighted by molar-refractivity contribution is 5.81. The summed E-state index contributed by atoms with van der Waals surface area (Å²) >= 11 is 0. The Morgan fingerprint density at radius 3 is 2.43 bits per heavy atom. The molecule has 1 fully saturated rings. The lowest BCUT2D eigenvalue weighted by atomic mass is 9.73. The minimum atomic E-state index is -1.50. The van der Waals surface area contributed by atoms with Gasteiger partial charge in [0.25, 0.3) is 0 Å². The molecule has 0 saturated heterocycles. The van der Waals surface area contributed by atoms with E-state index in [1.165, 1.54) is 6.42 Å². The second kappa shape index (κ2) is 7.08. The molecule has 0 spiro atoms. The normalized spacial score (nSPS) is 19.2. The molecule has 2 rings (SSSR count). The van der Waals surface area contributed by atoms with Crippen LogP contribution in [0.4, 0.5) is 0 Å². The quantitative estimate of drug-likeness (QED) is 0.842. The van der Waals surface area contributed by atoms with Crippen LogP contribution in [0.1, 0.15) is 51.5 Å². The van der Waals surface area contributed by atoms with E-state index in [1.807, 2.05) is 44.2 Å². The monoisotopic (exact) mass is 290 g/mol. The summed E-state index contributed by atoms with van der Waals surface area (Å²) in [4.78, 5) is 12.6. The fourth-order valence-corrected chi connectivity index (χ4v) is 3.09. The SMILES string of the molecule is CC(C)COC(=O)[C@](O)(c1ccccc1)C1CCCCC1. The van der Waals surface area contributed by atoms with Gasteiger partial charge in [0.05, 0.1) is 6.61 Å². The van der Waals surface area contributed by atoms with Crippen LogP contribution in [0.15, 0.2) is 30.3 Å². The van der Waals surface area contributed by atoms with Gasteiger partial charge in [-0.15, -0.1) is 0 Å².